The summed E-state index contributed by atoms with van der Waals surface area (Å²) in [6, 6.07) is 0.921. The molecule has 94 valence electrons. The minimum atomic E-state index is -3.81. The zero-order chi connectivity index (χ0) is 12.5. The molecule has 2 N–H and O–H groups in total. The van der Waals surface area contributed by atoms with Crippen molar-refractivity contribution in [2.24, 2.45) is 5.73 Å². The fourth-order valence-electron chi connectivity index (χ4n) is 1.57. The van der Waals surface area contributed by atoms with E-state index < -0.39 is 22.0 Å². The molecule has 17 heavy (non-hydrogen) atoms. The molecular formula is C9H12FN3O3S. The van der Waals surface area contributed by atoms with E-state index in [-0.39, 0.29) is 24.7 Å². The van der Waals surface area contributed by atoms with Crippen LogP contribution < -0.4 is 5.73 Å². The lowest BCUT2D eigenvalue weighted by Crippen LogP contribution is -2.53. The van der Waals surface area contributed by atoms with Crippen molar-refractivity contribution in [2.45, 2.75) is 11.1 Å². The molecule has 1 aromatic heterocycles. The van der Waals surface area contributed by atoms with E-state index in [0.29, 0.717) is 0 Å². The first-order chi connectivity index (χ1) is 8.01. The maximum absolute atomic E-state index is 13.0. The molecule has 6 nitrogen and oxygen atoms in total. The largest absolute Gasteiger partial charge is 0.377 e. The third-order valence-electron chi connectivity index (χ3n) is 2.40. The second-order valence-corrected chi connectivity index (χ2v) is 5.49. The summed E-state index contributed by atoms with van der Waals surface area (Å²) < 4.78 is 43.4. The van der Waals surface area contributed by atoms with Gasteiger partial charge in [0.15, 0.2) is 0 Å². The van der Waals surface area contributed by atoms with E-state index in [1.807, 2.05) is 0 Å². The monoisotopic (exact) mass is 261 g/mol. The highest BCUT2D eigenvalue weighted by atomic mass is 32.2. The molecule has 1 fully saturated rings. The van der Waals surface area contributed by atoms with Crippen molar-refractivity contribution in [3.05, 3.63) is 24.3 Å². The molecule has 1 unspecified atom stereocenters. The maximum atomic E-state index is 13.0. The Morgan fingerprint density at radius 3 is 2.94 bits per heavy atom. The molecule has 0 bridgehead atoms. The van der Waals surface area contributed by atoms with E-state index in [1.54, 1.807) is 0 Å². The quantitative estimate of drug-likeness (QED) is 0.777. The molecule has 0 amide bonds. The number of pyridine rings is 1. The molecular weight excluding hydrogens is 249 g/mol. The van der Waals surface area contributed by atoms with E-state index in [1.165, 1.54) is 0 Å². The van der Waals surface area contributed by atoms with E-state index in [9.17, 15) is 12.8 Å². The third kappa shape index (κ3) is 2.44. The summed E-state index contributed by atoms with van der Waals surface area (Å²) in [7, 11) is -3.81. The zero-order valence-corrected chi connectivity index (χ0v) is 9.73. The number of nitrogens with zero attached hydrogens (tertiary/aromatic N) is 2. The lowest BCUT2D eigenvalue weighted by Gasteiger charge is -2.31. The summed E-state index contributed by atoms with van der Waals surface area (Å²) in [6.07, 6.45) is 1.29. The lowest BCUT2D eigenvalue weighted by molar-refractivity contribution is 0.0350. The molecule has 1 aromatic rings. The molecule has 2 heterocycles. The van der Waals surface area contributed by atoms with Crippen molar-refractivity contribution in [3.63, 3.8) is 0 Å². The van der Waals surface area contributed by atoms with Crippen LogP contribution in [0.2, 0.25) is 0 Å². The summed E-state index contributed by atoms with van der Waals surface area (Å²) in [5, 5.41) is 0. The Morgan fingerprint density at radius 1 is 1.53 bits per heavy atom. The van der Waals surface area contributed by atoms with Crippen LogP contribution in [0.25, 0.3) is 0 Å². The van der Waals surface area contributed by atoms with E-state index in [4.69, 9.17) is 10.5 Å². The van der Waals surface area contributed by atoms with Gasteiger partial charge in [-0.25, -0.2) is 12.8 Å². The van der Waals surface area contributed by atoms with Crippen LogP contribution >= 0.6 is 0 Å². The molecule has 8 heteroatoms. The van der Waals surface area contributed by atoms with Crippen molar-refractivity contribution in [3.8, 4) is 0 Å². The van der Waals surface area contributed by atoms with Crippen LogP contribution in [0.15, 0.2) is 23.4 Å². The molecule has 0 radical (unpaired) electrons. The summed E-state index contributed by atoms with van der Waals surface area (Å²) in [5.74, 6) is -0.701. The predicted octanol–water partition coefficient (Wildman–Crippen LogP) is -0.474. The summed E-state index contributed by atoms with van der Waals surface area (Å²) in [4.78, 5) is 3.32. The van der Waals surface area contributed by atoms with Gasteiger partial charge in [0.25, 0.3) is 0 Å². The van der Waals surface area contributed by atoms with Crippen LogP contribution in [0.3, 0.4) is 0 Å². The second kappa shape index (κ2) is 4.65. The molecule has 1 atom stereocenters. The van der Waals surface area contributed by atoms with Crippen LogP contribution in [-0.4, -0.2) is 43.6 Å². The Labute approximate surface area is 98.2 Å². The van der Waals surface area contributed by atoms with Crippen molar-refractivity contribution < 1.29 is 17.5 Å². The number of nitrogens with two attached hydrogens (primary N) is 1. The number of ether oxygens (including phenoxy) is 1. The predicted molar refractivity (Wildman–Crippen MR) is 56.9 cm³/mol. The van der Waals surface area contributed by atoms with Gasteiger partial charge < -0.3 is 10.5 Å². The molecule has 1 saturated heterocycles. The van der Waals surface area contributed by atoms with Gasteiger partial charge in [0, 0.05) is 12.7 Å². The first-order valence-electron chi connectivity index (χ1n) is 4.97. The van der Waals surface area contributed by atoms with Crippen LogP contribution in [0.4, 0.5) is 4.39 Å². The summed E-state index contributed by atoms with van der Waals surface area (Å²) in [6.45, 7) is 0.553. The SMILES string of the molecule is NC1COCCN1S(=O)(=O)c1cncc(F)c1. The number of hydrogen-bond donors (Lipinski definition) is 1. The van der Waals surface area contributed by atoms with Gasteiger partial charge in [0.05, 0.1) is 25.6 Å². The zero-order valence-electron chi connectivity index (χ0n) is 8.91. The Hall–Kier alpha value is -1.09. The number of morpholine rings is 1. The first kappa shape index (κ1) is 12.4. The minimum Gasteiger partial charge on any atom is -0.377 e. The topological polar surface area (TPSA) is 85.5 Å². The lowest BCUT2D eigenvalue weighted by atomic mass is 10.4. The van der Waals surface area contributed by atoms with Crippen LogP contribution in [0, 0.1) is 5.82 Å². The average Bonchev–Trinajstić information content (AvgIpc) is 2.29. The molecule has 2 rings (SSSR count). The Morgan fingerprint density at radius 2 is 2.29 bits per heavy atom. The Balaban J connectivity index is 2.35. The molecule has 0 spiro atoms. The van der Waals surface area contributed by atoms with Gasteiger partial charge in [0.2, 0.25) is 10.0 Å². The molecule has 1 aliphatic heterocycles. The minimum absolute atomic E-state index is 0.127. The number of hydrogen-bond acceptors (Lipinski definition) is 5. The van der Waals surface area contributed by atoms with Gasteiger partial charge in [-0.3, -0.25) is 4.98 Å². The number of sulfonamides is 1. The van der Waals surface area contributed by atoms with E-state index in [0.717, 1.165) is 22.8 Å². The summed E-state index contributed by atoms with van der Waals surface area (Å²) in [5.41, 5.74) is 5.65. The van der Waals surface area contributed by atoms with Crippen molar-refractivity contribution >= 4 is 10.0 Å². The third-order valence-corrected chi connectivity index (χ3v) is 4.29. The number of rotatable bonds is 2. The van der Waals surface area contributed by atoms with Crippen LogP contribution in [-0.2, 0) is 14.8 Å². The number of halogens is 1. The molecule has 0 aliphatic carbocycles. The Bertz CT molecular complexity index is 508. The van der Waals surface area contributed by atoms with Crippen molar-refractivity contribution in [2.75, 3.05) is 19.8 Å². The van der Waals surface area contributed by atoms with E-state index >= 15 is 0 Å². The maximum Gasteiger partial charge on any atom is 0.246 e. The average molecular weight is 261 g/mol. The highest BCUT2D eigenvalue weighted by Crippen LogP contribution is 2.18. The van der Waals surface area contributed by atoms with Gasteiger partial charge in [-0.1, -0.05) is 0 Å². The van der Waals surface area contributed by atoms with Crippen LogP contribution in [0.5, 0.6) is 0 Å². The fraction of sp³-hybridized carbons (Fsp3) is 0.444. The first-order valence-corrected chi connectivity index (χ1v) is 6.41. The van der Waals surface area contributed by atoms with E-state index in [2.05, 4.69) is 4.98 Å². The van der Waals surface area contributed by atoms with Gasteiger partial charge in [-0.05, 0) is 6.07 Å². The highest BCUT2D eigenvalue weighted by molar-refractivity contribution is 7.89. The standard InChI is InChI=1S/C9H12FN3O3S/c10-7-3-8(5-12-4-7)17(14,15)13-1-2-16-6-9(13)11/h3-5,9H,1-2,6,11H2. The highest BCUT2D eigenvalue weighted by Gasteiger charge is 2.32. The fourth-order valence-corrected chi connectivity index (χ4v) is 3.03. The molecule has 0 saturated carbocycles. The van der Waals surface area contributed by atoms with Gasteiger partial charge >= 0.3 is 0 Å². The molecule has 1 aliphatic rings. The normalized spacial score (nSPS) is 22.6. The second-order valence-electron chi connectivity index (χ2n) is 3.60. The van der Waals surface area contributed by atoms with Gasteiger partial charge in [-0.15, -0.1) is 0 Å². The van der Waals surface area contributed by atoms with Crippen molar-refractivity contribution in [1.29, 1.82) is 0 Å². The summed E-state index contributed by atoms with van der Waals surface area (Å²) >= 11 is 0. The van der Waals surface area contributed by atoms with Crippen LogP contribution in [0.1, 0.15) is 0 Å². The van der Waals surface area contributed by atoms with Gasteiger partial charge in [-0.2, -0.15) is 4.31 Å². The molecule has 0 aromatic carbocycles. The Kier molecular flexibility index (Phi) is 3.38. The number of aromatic nitrogens is 1. The van der Waals surface area contributed by atoms with Crippen molar-refractivity contribution in [1.82, 2.24) is 9.29 Å². The van der Waals surface area contributed by atoms with Gasteiger partial charge in [0.1, 0.15) is 10.7 Å². The smallest absolute Gasteiger partial charge is 0.246 e.